The molecule has 0 heterocycles. The molecule has 0 bridgehead atoms. The summed E-state index contributed by atoms with van der Waals surface area (Å²) in [6.07, 6.45) is 0. The fourth-order valence-corrected chi connectivity index (χ4v) is 1.39. The smallest absolute Gasteiger partial charge is 0.246 e. The highest BCUT2D eigenvalue weighted by molar-refractivity contribution is 5.77. The van der Waals surface area contributed by atoms with Crippen LogP contribution < -0.4 is 11.1 Å². The molecular formula is C16H22N2O2. The van der Waals surface area contributed by atoms with E-state index in [0.717, 1.165) is 11.1 Å². The summed E-state index contributed by atoms with van der Waals surface area (Å²) in [5.74, 6) is 5.63. The number of carbonyl (C=O) groups excluding carboxylic acids is 1. The van der Waals surface area contributed by atoms with Gasteiger partial charge in [-0.15, -0.1) is 0 Å². The van der Waals surface area contributed by atoms with Gasteiger partial charge in [-0.3, -0.25) is 4.79 Å². The van der Waals surface area contributed by atoms with Crippen LogP contribution in [0.25, 0.3) is 0 Å². The van der Waals surface area contributed by atoms with E-state index in [1.165, 1.54) is 0 Å². The van der Waals surface area contributed by atoms with E-state index in [0.29, 0.717) is 13.1 Å². The lowest BCUT2D eigenvalue weighted by molar-refractivity contribution is -0.130. The number of rotatable bonds is 4. The first-order chi connectivity index (χ1) is 9.40. The predicted molar refractivity (Wildman–Crippen MR) is 79.9 cm³/mol. The Morgan fingerprint density at radius 3 is 2.50 bits per heavy atom. The topological polar surface area (TPSA) is 64.3 Å². The Hall–Kier alpha value is -1.83. The molecule has 0 aliphatic heterocycles. The van der Waals surface area contributed by atoms with Crippen molar-refractivity contribution < 1.29 is 9.53 Å². The minimum absolute atomic E-state index is 0.0730. The first kappa shape index (κ1) is 16.2. The molecule has 0 saturated heterocycles. The van der Waals surface area contributed by atoms with E-state index in [4.69, 9.17) is 10.5 Å². The first-order valence-corrected chi connectivity index (χ1v) is 6.59. The number of hydrogen-bond acceptors (Lipinski definition) is 3. The van der Waals surface area contributed by atoms with Crippen LogP contribution in [0, 0.1) is 11.8 Å². The van der Waals surface area contributed by atoms with Gasteiger partial charge in [-0.2, -0.15) is 0 Å². The van der Waals surface area contributed by atoms with Crippen LogP contribution in [0.15, 0.2) is 24.3 Å². The van der Waals surface area contributed by atoms with Gasteiger partial charge in [0.05, 0.1) is 12.1 Å². The van der Waals surface area contributed by atoms with Crippen LogP contribution in [0.3, 0.4) is 0 Å². The number of hydrogen-bond donors (Lipinski definition) is 2. The van der Waals surface area contributed by atoms with Crippen molar-refractivity contribution in [3.8, 4) is 11.8 Å². The number of nitrogens with one attached hydrogen (secondary N) is 1. The average molecular weight is 274 g/mol. The minimum Gasteiger partial charge on any atom is -0.366 e. The third-order valence-corrected chi connectivity index (χ3v) is 2.41. The summed E-state index contributed by atoms with van der Waals surface area (Å²) in [5, 5.41) is 2.81. The van der Waals surface area contributed by atoms with Crippen molar-refractivity contribution in [3.63, 3.8) is 0 Å². The zero-order valence-electron chi connectivity index (χ0n) is 12.3. The summed E-state index contributed by atoms with van der Waals surface area (Å²) >= 11 is 0. The lowest BCUT2D eigenvalue weighted by atomic mass is 10.1. The second-order valence-electron chi connectivity index (χ2n) is 5.38. The van der Waals surface area contributed by atoms with Gasteiger partial charge in [-0.05, 0) is 38.5 Å². The van der Waals surface area contributed by atoms with Gasteiger partial charge in [0.25, 0.3) is 0 Å². The molecule has 3 N–H and O–H groups in total. The molecule has 0 saturated carbocycles. The van der Waals surface area contributed by atoms with E-state index >= 15 is 0 Å². The summed E-state index contributed by atoms with van der Waals surface area (Å²) in [5.41, 5.74) is 6.95. The van der Waals surface area contributed by atoms with Crippen molar-refractivity contribution in [2.45, 2.75) is 32.9 Å². The lowest BCUT2D eigenvalue weighted by Gasteiger charge is -2.18. The first-order valence-electron chi connectivity index (χ1n) is 6.59. The van der Waals surface area contributed by atoms with E-state index in [2.05, 4.69) is 17.2 Å². The van der Waals surface area contributed by atoms with Crippen LogP contribution >= 0.6 is 0 Å². The maximum absolute atomic E-state index is 11.6. The summed E-state index contributed by atoms with van der Waals surface area (Å²) in [4.78, 5) is 11.6. The van der Waals surface area contributed by atoms with E-state index < -0.39 is 0 Å². The van der Waals surface area contributed by atoms with Crippen LogP contribution in [0.2, 0.25) is 0 Å². The van der Waals surface area contributed by atoms with Crippen LogP contribution in [0.5, 0.6) is 0 Å². The number of ether oxygens (including phenoxy) is 1. The van der Waals surface area contributed by atoms with Crippen molar-refractivity contribution in [1.29, 1.82) is 0 Å². The molecular weight excluding hydrogens is 252 g/mol. The number of amides is 1. The van der Waals surface area contributed by atoms with Gasteiger partial charge in [0.1, 0.15) is 6.61 Å². The second-order valence-corrected chi connectivity index (χ2v) is 5.38. The Kier molecular flexibility index (Phi) is 6.23. The maximum Gasteiger partial charge on any atom is 0.246 e. The molecule has 0 atom stereocenters. The largest absolute Gasteiger partial charge is 0.366 e. The van der Waals surface area contributed by atoms with Crippen molar-refractivity contribution in [2.75, 3.05) is 13.2 Å². The minimum atomic E-state index is -0.305. The highest BCUT2D eigenvalue weighted by Crippen LogP contribution is 2.06. The Labute approximate surface area is 120 Å². The van der Waals surface area contributed by atoms with Crippen molar-refractivity contribution in [1.82, 2.24) is 5.32 Å². The molecule has 1 aromatic rings. The molecule has 1 amide bonds. The standard InChI is InChI=1S/C16H22N2O2/c1-16(2,3)20-12-15(19)18-11-14-8-6-13(7-9-14)5-4-10-17/h6-9H,10-12,17H2,1-3H3,(H,18,19). The summed E-state index contributed by atoms with van der Waals surface area (Å²) in [6, 6.07) is 7.70. The molecule has 0 aliphatic rings. The quantitative estimate of drug-likeness (QED) is 0.816. The van der Waals surface area contributed by atoms with Gasteiger partial charge < -0.3 is 15.8 Å². The Balaban J connectivity index is 2.40. The zero-order chi connectivity index (χ0) is 15.0. The predicted octanol–water partition coefficient (Wildman–Crippen LogP) is 1.43. The van der Waals surface area contributed by atoms with E-state index in [-0.39, 0.29) is 18.1 Å². The fourth-order valence-electron chi connectivity index (χ4n) is 1.39. The van der Waals surface area contributed by atoms with Crippen LogP contribution in [-0.2, 0) is 16.1 Å². The molecule has 0 aliphatic carbocycles. The van der Waals surface area contributed by atoms with Gasteiger partial charge >= 0.3 is 0 Å². The molecule has 0 unspecified atom stereocenters. The molecule has 108 valence electrons. The van der Waals surface area contributed by atoms with E-state index in [1.54, 1.807) is 0 Å². The second kappa shape index (κ2) is 7.68. The lowest BCUT2D eigenvalue weighted by Crippen LogP contribution is -2.31. The molecule has 1 aromatic carbocycles. The van der Waals surface area contributed by atoms with Gasteiger partial charge in [0.15, 0.2) is 0 Å². The summed E-state index contributed by atoms with van der Waals surface area (Å²) in [7, 11) is 0. The SMILES string of the molecule is CC(C)(C)OCC(=O)NCc1ccc(C#CCN)cc1. The highest BCUT2D eigenvalue weighted by Gasteiger charge is 2.12. The summed E-state index contributed by atoms with van der Waals surface area (Å²) < 4.78 is 5.40. The molecule has 0 radical (unpaired) electrons. The van der Waals surface area contributed by atoms with E-state index in [9.17, 15) is 4.79 Å². The monoisotopic (exact) mass is 274 g/mol. The highest BCUT2D eigenvalue weighted by atomic mass is 16.5. The molecule has 0 aromatic heterocycles. The number of nitrogens with two attached hydrogens (primary N) is 1. The Morgan fingerprint density at radius 2 is 1.95 bits per heavy atom. The van der Waals surface area contributed by atoms with Gasteiger partial charge in [0.2, 0.25) is 5.91 Å². The Bertz CT molecular complexity index is 490. The molecule has 20 heavy (non-hydrogen) atoms. The Morgan fingerprint density at radius 1 is 1.30 bits per heavy atom. The van der Waals surface area contributed by atoms with Gasteiger partial charge in [0, 0.05) is 12.1 Å². The van der Waals surface area contributed by atoms with Crippen LogP contribution in [-0.4, -0.2) is 24.7 Å². The maximum atomic E-state index is 11.6. The van der Waals surface area contributed by atoms with Crippen LogP contribution in [0.4, 0.5) is 0 Å². The number of carbonyl (C=O) groups is 1. The molecule has 4 heteroatoms. The van der Waals surface area contributed by atoms with Gasteiger partial charge in [-0.1, -0.05) is 24.0 Å². The fraction of sp³-hybridized carbons (Fsp3) is 0.438. The van der Waals surface area contributed by atoms with Crippen LogP contribution in [0.1, 0.15) is 31.9 Å². The van der Waals surface area contributed by atoms with E-state index in [1.807, 2.05) is 45.0 Å². The summed E-state index contributed by atoms with van der Waals surface area (Å²) in [6.45, 7) is 6.66. The van der Waals surface area contributed by atoms with Gasteiger partial charge in [-0.25, -0.2) is 0 Å². The average Bonchev–Trinajstić information content (AvgIpc) is 2.41. The number of benzene rings is 1. The molecule has 1 rings (SSSR count). The third-order valence-electron chi connectivity index (χ3n) is 2.41. The normalized spacial score (nSPS) is 10.6. The molecule has 4 nitrogen and oxygen atoms in total. The zero-order valence-corrected chi connectivity index (χ0v) is 12.3. The molecule has 0 fully saturated rings. The van der Waals surface area contributed by atoms with Crippen molar-refractivity contribution in [3.05, 3.63) is 35.4 Å². The third kappa shape index (κ3) is 6.93. The van der Waals surface area contributed by atoms with Crippen molar-refractivity contribution in [2.24, 2.45) is 5.73 Å². The molecule has 0 spiro atoms. The van der Waals surface area contributed by atoms with Crippen molar-refractivity contribution >= 4 is 5.91 Å².